The third-order valence-corrected chi connectivity index (χ3v) is 3.98. The lowest BCUT2D eigenvalue weighted by atomic mass is 10.0. The number of aromatic nitrogens is 4. The summed E-state index contributed by atoms with van der Waals surface area (Å²) in [6.45, 7) is 6.37. The van der Waals surface area contributed by atoms with Gasteiger partial charge >= 0.3 is 0 Å². The summed E-state index contributed by atoms with van der Waals surface area (Å²) in [5.74, 6) is 1.16. The van der Waals surface area contributed by atoms with Crippen molar-refractivity contribution >= 4 is 28.6 Å². The summed E-state index contributed by atoms with van der Waals surface area (Å²) >= 11 is 6.01. The summed E-state index contributed by atoms with van der Waals surface area (Å²) in [6.07, 6.45) is 0.543. The first-order chi connectivity index (χ1) is 10.0. The number of aliphatic hydroxyl groups is 1. The molecule has 1 unspecified atom stereocenters. The Labute approximate surface area is 127 Å². The van der Waals surface area contributed by atoms with Crippen molar-refractivity contribution in [1.29, 1.82) is 0 Å². The second-order valence-electron chi connectivity index (χ2n) is 5.33. The van der Waals surface area contributed by atoms with E-state index in [-0.39, 0.29) is 5.28 Å². The number of nitrogens with zero attached hydrogens (tertiary/aromatic N) is 4. The molecule has 8 heteroatoms. The normalized spacial score (nSPS) is 19.0. The Balaban J connectivity index is 2.11. The lowest BCUT2D eigenvalue weighted by molar-refractivity contribution is 0.0448. The molecular weight excluding hydrogens is 294 g/mol. The van der Waals surface area contributed by atoms with Crippen LogP contribution < -0.4 is 4.90 Å². The van der Waals surface area contributed by atoms with E-state index in [4.69, 9.17) is 16.3 Å². The zero-order valence-electron chi connectivity index (χ0n) is 12.1. The third-order valence-electron chi connectivity index (χ3n) is 3.81. The molecule has 3 heterocycles. The van der Waals surface area contributed by atoms with E-state index in [2.05, 4.69) is 24.8 Å². The molecule has 7 nitrogen and oxygen atoms in total. The topological polar surface area (TPSA) is 87.2 Å². The standard InChI is InChI=1S/C13H18ClN5O2/c1-3-13(2,20)11-15-8-9(16-11)17-12(14)18-10(8)19-4-6-21-7-5-19/h20H,3-7H2,1-2H3,(H,15,16,17,18). The maximum atomic E-state index is 10.4. The molecule has 3 rings (SSSR count). The van der Waals surface area contributed by atoms with Gasteiger partial charge in [0.1, 0.15) is 11.4 Å². The van der Waals surface area contributed by atoms with Crippen LogP contribution in [0.25, 0.3) is 11.2 Å². The molecule has 0 aliphatic carbocycles. The first-order valence-corrected chi connectivity index (χ1v) is 7.38. The quantitative estimate of drug-likeness (QED) is 0.835. The fraction of sp³-hybridized carbons (Fsp3) is 0.615. The molecule has 1 atom stereocenters. The molecule has 0 radical (unpaired) electrons. The largest absolute Gasteiger partial charge is 0.382 e. The molecule has 1 aliphatic heterocycles. The monoisotopic (exact) mass is 311 g/mol. The second-order valence-corrected chi connectivity index (χ2v) is 5.66. The Hall–Kier alpha value is -1.44. The van der Waals surface area contributed by atoms with Crippen molar-refractivity contribution in [3.8, 4) is 0 Å². The fourth-order valence-corrected chi connectivity index (χ4v) is 2.44. The van der Waals surface area contributed by atoms with Crippen LogP contribution in [0.4, 0.5) is 5.82 Å². The lowest BCUT2D eigenvalue weighted by Gasteiger charge is -2.27. The van der Waals surface area contributed by atoms with E-state index in [0.717, 1.165) is 13.1 Å². The molecule has 0 saturated carbocycles. The minimum absolute atomic E-state index is 0.162. The SMILES string of the molecule is CCC(C)(O)c1nc2c(N3CCOCC3)nc(Cl)nc2[nH]1. The number of ether oxygens (including phenoxy) is 1. The van der Waals surface area contributed by atoms with Crippen LogP contribution in [0.3, 0.4) is 0 Å². The molecule has 1 saturated heterocycles. The van der Waals surface area contributed by atoms with Gasteiger partial charge in [0.25, 0.3) is 0 Å². The summed E-state index contributed by atoms with van der Waals surface area (Å²) in [6, 6.07) is 0. The first kappa shape index (κ1) is 14.5. The van der Waals surface area contributed by atoms with E-state index in [9.17, 15) is 5.11 Å². The summed E-state index contributed by atoms with van der Waals surface area (Å²) in [5.41, 5.74) is 0.139. The molecule has 1 aliphatic rings. The number of fused-ring (bicyclic) bond motifs is 1. The van der Waals surface area contributed by atoms with Crippen molar-refractivity contribution in [3.63, 3.8) is 0 Å². The highest BCUT2D eigenvalue weighted by Gasteiger charge is 2.27. The van der Waals surface area contributed by atoms with Gasteiger partial charge in [0.15, 0.2) is 17.0 Å². The molecule has 0 aromatic carbocycles. The molecule has 0 bridgehead atoms. The number of morpholine rings is 1. The molecule has 0 amide bonds. The van der Waals surface area contributed by atoms with Gasteiger partial charge < -0.3 is 19.7 Å². The van der Waals surface area contributed by atoms with Gasteiger partial charge in [-0.05, 0) is 24.9 Å². The third kappa shape index (κ3) is 2.68. The van der Waals surface area contributed by atoms with Crippen LogP contribution in [-0.2, 0) is 10.3 Å². The number of imidazole rings is 1. The molecular formula is C13H18ClN5O2. The summed E-state index contributed by atoms with van der Waals surface area (Å²) < 4.78 is 5.35. The number of nitrogens with one attached hydrogen (secondary N) is 1. The van der Waals surface area contributed by atoms with E-state index < -0.39 is 5.60 Å². The van der Waals surface area contributed by atoms with Gasteiger partial charge in [0.2, 0.25) is 5.28 Å². The number of hydrogen-bond acceptors (Lipinski definition) is 6. The van der Waals surface area contributed by atoms with Crippen LogP contribution in [0.5, 0.6) is 0 Å². The summed E-state index contributed by atoms with van der Waals surface area (Å²) in [4.78, 5) is 18.1. The highest BCUT2D eigenvalue weighted by Crippen LogP contribution is 2.28. The van der Waals surface area contributed by atoms with Gasteiger partial charge in [-0.25, -0.2) is 4.98 Å². The van der Waals surface area contributed by atoms with Crippen molar-refractivity contribution < 1.29 is 9.84 Å². The number of anilines is 1. The molecule has 2 aromatic rings. The maximum Gasteiger partial charge on any atom is 0.226 e. The zero-order chi connectivity index (χ0) is 15.0. The Bertz CT molecular complexity index is 651. The van der Waals surface area contributed by atoms with E-state index in [1.165, 1.54) is 0 Å². The van der Waals surface area contributed by atoms with Crippen molar-refractivity contribution in [1.82, 2.24) is 19.9 Å². The van der Waals surface area contributed by atoms with Gasteiger partial charge in [-0.1, -0.05) is 6.92 Å². The number of rotatable bonds is 3. The van der Waals surface area contributed by atoms with E-state index in [0.29, 0.717) is 42.4 Å². The van der Waals surface area contributed by atoms with Crippen LogP contribution >= 0.6 is 11.6 Å². The Morgan fingerprint density at radius 3 is 2.71 bits per heavy atom. The molecule has 1 fully saturated rings. The van der Waals surface area contributed by atoms with Crippen LogP contribution in [-0.4, -0.2) is 51.3 Å². The highest BCUT2D eigenvalue weighted by atomic mass is 35.5. The van der Waals surface area contributed by atoms with Gasteiger partial charge in [-0.2, -0.15) is 9.97 Å². The van der Waals surface area contributed by atoms with Gasteiger partial charge in [-0.15, -0.1) is 0 Å². The van der Waals surface area contributed by atoms with E-state index in [1.54, 1.807) is 6.92 Å². The minimum atomic E-state index is -1.03. The van der Waals surface area contributed by atoms with Gasteiger partial charge in [-0.3, -0.25) is 0 Å². The Kier molecular flexibility index (Phi) is 3.73. The smallest absolute Gasteiger partial charge is 0.226 e. The van der Waals surface area contributed by atoms with Crippen molar-refractivity contribution in [3.05, 3.63) is 11.1 Å². The van der Waals surface area contributed by atoms with Gasteiger partial charge in [0, 0.05) is 13.1 Å². The number of H-pyrrole nitrogens is 1. The molecule has 0 spiro atoms. The van der Waals surface area contributed by atoms with Crippen LogP contribution in [0.2, 0.25) is 5.28 Å². The highest BCUT2D eigenvalue weighted by molar-refractivity contribution is 6.28. The number of aromatic amines is 1. The first-order valence-electron chi connectivity index (χ1n) is 7.00. The lowest BCUT2D eigenvalue weighted by Crippen LogP contribution is -2.37. The predicted molar refractivity (Wildman–Crippen MR) is 79.6 cm³/mol. The van der Waals surface area contributed by atoms with Crippen LogP contribution in [0, 0.1) is 0 Å². The predicted octanol–water partition coefficient (Wildman–Crippen LogP) is 1.46. The molecule has 2 aromatic heterocycles. The van der Waals surface area contributed by atoms with Crippen LogP contribution in [0.15, 0.2) is 0 Å². The molecule has 21 heavy (non-hydrogen) atoms. The zero-order valence-corrected chi connectivity index (χ0v) is 12.8. The average molecular weight is 312 g/mol. The van der Waals surface area contributed by atoms with E-state index in [1.807, 2.05) is 6.92 Å². The van der Waals surface area contributed by atoms with Crippen molar-refractivity contribution in [2.24, 2.45) is 0 Å². The Morgan fingerprint density at radius 2 is 2.05 bits per heavy atom. The van der Waals surface area contributed by atoms with Crippen LogP contribution in [0.1, 0.15) is 26.1 Å². The van der Waals surface area contributed by atoms with E-state index >= 15 is 0 Å². The summed E-state index contributed by atoms with van der Waals surface area (Å²) in [7, 11) is 0. The molecule has 2 N–H and O–H groups in total. The summed E-state index contributed by atoms with van der Waals surface area (Å²) in [5, 5.41) is 10.5. The van der Waals surface area contributed by atoms with Crippen molar-refractivity contribution in [2.45, 2.75) is 25.9 Å². The van der Waals surface area contributed by atoms with Gasteiger partial charge in [0.05, 0.1) is 13.2 Å². The fourth-order valence-electron chi connectivity index (χ4n) is 2.28. The minimum Gasteiger partial charge on any atom is -0.382 e. The molecule has 114 valence electrons. The maximum absolute atomic E-state index is 10.4. The second kappa shape index (κ2) is 5.40. The Morgan fingerprint density at radius 1 is 1.33 bits per heavy atom. The average Bonchev–Trinajstić information content (AvgIpc) is 2.92. The number of halogens is 1. The van der Waals surface area contributed by atoms with Crippen molar-refractivity contribution in [2.75, 3.05) is 31.2 Å². The number of hydrogen-bond donors (Lipinski definition) is 2.